The van der Waals surface area contributed by atoms with Gasteiger partial charge in [0.25, 0.3) is 0 Å². The van der Waals surface area contributed by atoms with Gasteiger partial charge in [0.15, 0.2) is 5.65 Å². The number of hydrogen-bond donors (Lipinski definition) is 0. The first-order valence-corrected chi connectivity index (χ1v) is 9.66. The molecule has 1 aromatic carbocycles. The van der Waals surface area contributed by atoms with Crippen molar-refractivity contribution in [3.8, 4) is 5.69 Å². The normalized spacial score (nSPS) is 16.4. The molecule has 1 aliphatic rings. The second-order valence-electron chi connectivity index (χ2n) is 6.75. The van der Waals surface area contributed by atoms with E-state index in [0.717, 1.165) is 48.4 Å². The van der Waals surface area contributed by atoms with Crippen molar-refractivity contribution in [2.24, 2.45) is 0 Å². The predicted molar refractivity (Wildman–Crippen MR) is 107 cm³/mol. The van der Waals surface area contributed by atoms with Gasteiger partial charge < -0.3 is 4.90 Å². The molecule has 3 aromatic rings. The number of aromatic nitrogens is 3. The lowest BCUT2D eigenvalue weighted by molar-refractivity contribution is 0.150. The smallest absolute Gasteiger partial charge is 0.304 e. The summed E-state index contributed by atoms with van der Waals surface area (Å²) in [5.41, 5.74) is 2.37. The standard InChI is InChI=1S/C19H22BrN5O/c1-22-7-9-23(10-8-22)11-12-24-17-13-15(20)14-21-18(17)25(19(24)26)16-5-3-2-4-6-16/h2-6,13-14H,7-12H2,1H3. The number of fused-ring (bicyclic) bond motifs is 1. The Kier molecular flexibility index (Phi) is 4.93. The fraction of sp³-hybridized carbons (Fsp3) is 0.368. The summed E-state index contributed by atoms with van der Waals surface area (Å²) in [6.45, 7) is 5.78. The highest BCUT2D eigenvalue weighted by molar-refractivity contribution is 9.10. The van der Waals surface area contributed by atoms with Crippen molar-refractivity contribution in [3.05, 3.63) is 57.6 Å². The molecular weight excluding hydrogens is 394 g/mol. The molecule has 1 saturated heterocycles. The Hall–Kier alpha value is -1.96. The number of imidazole rings is 1. The third kappa shape index (κ3) is 3.34. The zero-order chi connectivity index (χ0) is 18.1. The summed E-state index contributed by atoms with van der Waals surface area (Å²) in [5, 5.41) is 0. The van der Waals surface area contributed by atoms with Gasteiger partial charge in [-0.2, -0.15) is 0 Å². The number of rotatable bonds is 4. The molecule has 0 N–H and O–H groups in total. The molecule has 0 spiro atoms. The van der Waals surface area contributed by atoms with Crippen LogP contribution in [0.15, 0.2) is 51.9 Å². The number of benzene rings is 1. The van der Waals surface area contributed by atoms with Gasteiger partial charge in [-0.3, -0.25) is 9.47 Å². The van der Waals surface area contributed by atoms with Crippen molar-refractivity contribution in [3.63, 3.8) is 0 Å². The van der Waals surface area contributed by atoms with Crippen LogP contribution in [0.2, 0.25) is 0 Å². The molecule has 0 unspecified atom stereocenters. The zero-order valence-corrected chi connectivity index (χ0v) is 16.4. The number of nitrogens with zero attached hydrogens (tertiary/aromatic N) is 5. The Morgan fingerprint density at radius 1 is 1.08 bits per heavy atom. The number of halogens is 1. The summed E-state index contributed by atoms with van der Waals surface area (Å²) in [4.78, 5) is 22.4. The van der Waals surface area contributed by atoms with Crippen LogP contribution in [0.5, 0.6) is 0 Å². The van der Waals surface area contributed by atoms with E-state index in [9.17, 15) is 4.79 Å². The summed E-state index contributed by atoms with van der Waals surface area (Å²) >= 11 is 3.49. The topological polar surface area (TPSA) is 46.3 Å². The maximum atomic E-state index is 13.2. The van der Waals surface area contributed by atoms with Gasteiger partial charge in [0, 0.05) is 49.9 Å². The number of piperazine rings is 1. The molecule has 7 heteroatoms. The van der Waals surface area contributed by atoms with Crippen molar-refractivity contribution in [1.82, 2.24) is 23.9 Å². The van der Waals surface area contributed by atoms with E-state index < -0.39 is 0 Å². The fourth-order valence-electron chi connectivity index (χ4n) is 3.45. The van der Waals surface area contributed by atoms with Crippen LogP contribution in [0.1, 0.15) is 0 Å². The summed E-state index contributed by atoms with van der Waals surface area (Å²) in [5.74, 6) is 0. The number of para-hydroxylation sites is 1. The molecule has 1 fully saturated rings. The summed E-state index contributed by atoms with van der Waals surface area (Å²) in [6.07, 6.45) is 1.74. The molecule has 6 nitrogen and oxygen atoms in total. The molecule has 1 aliphatic heterocycles. The number of likely N-dealkylation sites (N-methyl/N-ethyl adjacent to an activating group) is 1. The van der Waals surface area contributed by atoms with Crippen LogP contribution < -0.4 is 5.69 Å². The predicted octanol–water partition coefficient (Wildman–Crippen LogP) is 2.20. The van der Waals surface area contributed by atoms with Crippen molar-refractivity contribution in [2.75, 3.05) is 39.8 Å². The Labute approximate surface area is 160 Å². The maximum absolute atomic E-state index is 13.2. The summed E-state index contributed by atoms with van der Waals surface area (Å²) in [6, 6.07) is 11.7. The van der Waals surface area contributed by atoms with Crippen molar-refractivity contribution >= 4 is 27.1 Å². The van der Waals surface area contributed by atoms with Gasteiger partial charge in [-0.15, -0.1) is 0 Å². The van der Waals surface area contributed by atoms with Crippen molar-refractivity contribution in [1.29, 1.82) is 0 Å². The second kappa shape index (κ2) is 7.34. The van der Waals surface area contributed by atoms with Gasteiger partial charge in [-0.25, -0.2) is 14.3 Å². The van der Waals surface area contributed by atoms with E-state index in [2.05, 4.69) is 37.8 Å². The minimum absolute atomic E-state index is 0.0362. The molecule has 0 bridgehead atoms. The molecule has 0 amide bonds. The molecule has 0 aliphatic carbocycles. The highest BCUT2D eigenvalue weighted by Crippen LogP contribution is 2.19. The first-order valence-electron chi connectivity index (χ1n) is 8.86. The van der Waals surface area contributed by atoms with Crippen LogP contribution in [0.25, 0.3) is 16.9 Å². The van der Waals surface area contributed by atoms with E-state index in [1.54, 1.807) is 10.8 Å². The Morgan fingerprint density at radius 3 is 2.54 bits per heavy atom. The van der Waals surface area contributed by atoms with Crippen LogP contribution >= 0.6 is 15.9 Å². The molecule has 26 heavy (non-hydrogen) atoms. The second-order valence-corrected chi connectivity index (χ2v) is 7.66. The van der Waals surface area contributed by atoms with Gasteiger partial charge in [-0.05, 0) is 41.2 Å². The zero-order valence-electron chi connectivity index (χ0n) is 14.8. The molecule has 136 valence electrons. The third-order valence-corrected chi connectivity index (χ3v) is 5.42. The van der Waals surface area contributed by atoms with Crippen LogP contribution in [-0.2, 0) is 6.54 Å². The molecule has 0 saturated carbocycles. The molecule has 0 radical (unpaired) electrons. The Balaban J connectivity index is 1.71. The largest absolute Gasteiger partial charge is 0.335 e. The van der Waals surface area contributed by atoms with E-state index in [4.69, 9.17) is 0 Å². The van der Waals surface area contributed by atoms with Crippen molar-refractivity contribution < 1.29 is 0 Å². The quantitative estimate of drug-likeness (QED) is 0.655. The van der Waals surface area contributed by atoms with E-state index in [0.29, 0.717) is 12.2 Å². The molecule has 2 aromatic heterocycles. The van der Waals surface area contributed by atoms with Gasteiger partial charge in [0.05, 0.1) is 11.2 Å². The van der Waals surface area contributed by atoms with Gasteiger partial charge in [-0.1, -0.05) is 18.2 Å². The average Bonchev–Trinajstić information content (AvgIpc) is 2.93. The van der Waals surface area contributed by atoms with Crippen LogP contribution in [0, 0.1) is 0 Å². The lowest BCUT2D eigenvalue weighted by Gasteiger charge is -2.32. The SMILES string of the molecule is CN1CCN(CCn2c(=O)n(-c3ccccc3)c3ncc(Br)cc32)CC1. The fourth-order valence-corrected chi connectivity index (χ4v) is 3.76. The first kappa shape index (κ1) is 17.5. The monoisotopic (exact) mass is 415 g/mol. The van der Waals surface area contributed by atoms with Crippen LogP contribution in [0.3, 0.4) is 0 Å². The highest BCUT2D eigenvalue weighted by Gasteiger charge is 2.18. The number of hydrogen-bond acceptors (Lipinski definition) is 4. The highest BCUT2D eigenvalue weighted by atomic mass is 79.9. The van der Waals surface area contributed by atoms with Gasteiger partial charge in [0.2, 0.25) is 0 Å². The van der Waals surface area contributed by atoms with Crippen LogP contribution in [0.4, 0.5) is 0 Å². The van der Waals surface area contributed by atoms with Gasteiger partial charge >= 0.3 is 5.69 Å². The molecular formula is C19H22BrN5O. The molecule has 3 heterocycles. The lowest BCUT2D eigenvalue weighted by Crippen LogP contribution is -2.45. The van der Waals surface area contributed by atoms with Crippen LogP contribution in [-0.4, -0.2) is 63.7 Å². The first-order chi connectivity index (χ1) is 12.6. The van der Waals surface area contributed by atoms with Gasteiger partial charge in [0.1, 0.15) is 0 Å². The average molecular weight is 416 g/mol. The minimum atomic E-state index is -0.0362. The molecule has 0 atom stereocenters. The van der Waals surface area contributed by atoms with E-state index in [1.165, 1.54) is 0 Å². The molecule has 4 rings (SSSR count). The lowest BCUT2D eigenvalue weighted by atomic mass is 10.3. The van der Waals surface area contributed by atoms with E-state index >= 15 is 0 Å². The third-order valence-electron chi connectivity index (χ3n) is 4.99. The van der Waals surface area contributed by atoms with Crippen molar-refractivity contribution in [2.45, 2.75) is 6.54 Å². The maximum Gasteiger partial charge on any atom is 0.335 e. The summed E-state index contributed by atoms with van der Waals surface area (Å²) < 4.78 is 4.42. The van der Waals surface area contributed by atoms with E-state index in [1.807, 2.05) is 41.0 Å². The Bertz CT molecular complexity index is 957. The minimum Gasteiger partial charge on any atom is -0.304 e. The number of pyridine rings is 1. The van der Waals surface area contributed by atoms with E-state index in [-0.39, 0.29) is 5.69 Å². The Morgan fingerprint density at radius 2 is 1.81 bits per heavy atom. The summed E-state index contributed by atoms with van der Waals surface area (Å²) in [7, 11) is 2.15.